The van der Waals surface area contributed by atoms with Gasteiger partial charge in [-0.1, -0.05) is 11.3 Å². The van der Waals surface area contributed by atoms with Crippen LogP contribution in [0, 0.1) is 11.3 Å². The Kier molecular flexibility index (Phi) is 3.96. The summed E-state index contributed by atoms with van der Waals surface area (Å²) in [5.74, 6) is 0.160. The SMILES string of the molecule is N=C(C(=O)N[C@@H]1CN2CCC1CC2)c1ccc(-c2c[nH]nn2)cc1N. The maximum Gasteiger partial charge on any atom is 0.270 e. The first-order valence-corrected chi connectivity index (χ1v) is 8.50. The first-order valence-electron chi connectivity index (χ1n) is 8.50. The van der Waals surface area contributed by atoms with Gasteiger partial charge in [-0.15, -0.1) is 5.10 Å². The summed E-state index contributed by atoms with van der Waals surface area (Å²) in [5.41, 5.74) is 8.26. The summed E-state index contributed by atoms with van der Waals surface area (Å²) in [7, 11) is 0. The molecular formula is C17H21N7O. The first-order chi connectivity index (χ1) is 12.1. The molecule has 1 atom stereocenters. The Morgan fingerprint density at radius 2 is 2.16 bits per heavy atom. The molecule has 4 heterocycles. The van der Waals surface area contributed by atoms with Crippen molar-refractivity contribution in [3.05, 3.63) is 30.0 Å². The zero-order valence-corrected chi connectivity index (χ0v) is 13.8. The molecule has 1 aromatic carbocycles. The molecule has 8 nitrogen and oxygen atoms in total. The number of nitrogen functional groups attached to an aromatic ring is 1. The van der Waals surface area contributed by atoms with Crippen molar-refractivity contribution >= 4 is 17.3 Å². The van der Waals surface area contributed by atoms with Crippen LogP contribution in [-0.4, -0.2) is 57.6 Å². The van der Waals surface area contributed by atoms with Crippen LogP contribution in [0.15, 0.2) is 24.4 Å². The van der Waals surface area contributed by atoms with Gasteiger partial charge >= 0.3 is 0 Å². The molecule has 25 heavy (non-hydrogen) atoms. The lowest BCUT2D eigenvalue weighted by Gasteiger charge is -2.44. The Labute approximate surface area is 145 Å². The van der Waals surface area contributed by atoms with E-state index in [0.717, 1.165) is 38.0 Å². The first kappa shape index (κ1) is 15.8. The lowest BCUT2D eigenvalue weighted by molar-refractivity contribution is -0.116. The van der Waals surface area contributed by atoms with Gasteiger partial charge in [-0.3, -0.25) is 15.3 Å². The highest BCUT2D eigenvalue weighted by Gasteiger charge is 2.35. The van der Waals surface area contributed by atoms with Crippen molar-refractivity contribution in [2.75, 3.05) is 25.4 Å². The minimum absolute atomic E-state index is 0.0966. The van der Waals surface area contributed by atoms with Crippen LogP contribution in [0.25, 0.3) is 11.3 Å². The van der Waals surface area contributed by atoms with E-state index < -0.39 is 0 Å². The summed E-state index contributed by atoms with van der Waals surface area (Å²) in [4.78, 5) is 14.9. The molecule has 1 aromatic heterocycles. The summed E-state index contributed by atoms with van der Waals surface area (Å²) in [6.45, 7) is 3.11. The van der Waals surface area contributed by atoms with Crippen LogP contribution in [-0.2, 0) is 4.79 Å². The Balaban J connectivity index is 1.47. The predicted octanol–water partition coefficient (Wildman–Crippen LogP) is 0.632. The van der Waals surface area contributed by atoms with Crippen LogP contribution in [0.4, 0.5) is 5.69 Å². The number of rotatable bonds is 4. The van der Waals surface area contributed by atoms with Crippen molar-refractivity contribution in [2.24, 2.45) is 5.92 Å². The lowest BCUT2D eigenvalue weighted by Crippen LogP contribution is -2.58. The standard InChI is InChI=1S/C17H21N7O/c18-13-7-11(14-8-20-23-22-14)1-2-12(13)16(19)17(25)21-15-9-24-5-3-10(15)4-6-24/h1-2,7-8,10,15,19H,3-6,9,18H2,(H,21,25)(H,20,22,23)/t15-/m1/s1. The van der Waals surface area contributed by atoms with Gasteiger partial charge in [0.25, 0.3) is 5.91 Å². The zero-order valence-electron chi connectivity index (χ0n) is 13.8. The van der Waals surface area contributed by atoms with Gasteiger partial charge < -0.3 is 16.0 Å². The van der Waals surface area contributed by atoms with Crippen molar-refractivity contribution in [2.45, 2.75) is 18.9 Å². The molecule has 130 valence electrons. The molecule has 8 heteroatoms. The highest BCUT2D eigenvalue weighted by atomic mass is 16.1. The maximum atomic E-state index is 12.5. The van der Waals surface area contributed by atoms with E-state index in [1.54, 1.807) is 24.4 Å². The second-order valence-electron chi connectivity index (χ2n) is 6.75. The summed E-state index contributed by atoms with van der Waals surface area (Å²) >= 11 is 0. The number of aromatic amines is 1. The Morgan fingerprint density at radius 3 is 2.76 bits per heavy atom. The molecule has 2 aromatic rings. The molecule has 5 N–H and O–H groups in total. The van der Waals surface area contributed by atoms with E-state index in [0.29, 0.717) is 22.9 Å². The molecular weight excluding hydrogens is 318 g/mol. The van der Waals surface area contributed by atoms with E-state index in [-0.39, 0.29) is 17.7 Å². The molecule has 0 saturated carbocycles. The van der Waals surface area contributed by atoms with Crippen LogP contribution < -0.4 is 11.1 Å². The smallest absolute Gasteiger partial charge is 0.270 e. The number of benzene rings is 1. The van der Waals surface area contributed by atoms with E-state index in [4.69, 9.17) is 11.1 Å². The van der Waals surface area contributed by atoms with Gasteiger partial charge in [0.1, 0.15) is 11.4 Å². The van der Waals surface area contributed by atoms with Gasteiger partial charge in [0.2, 0.25) is 0 Å². The molecule has 3 aliphatic heterocycles. The molecule has 3 aliphatic rings. The maximum absolute atomic E-state index is 12.5. The third-order valence-electron chi connectivity index (χ3n) is 5.23. The van der Waals surface area contributed by atoms with Crippen LogP contribution >= 0.6 is 0 Å². The summed E-state index contributed by atoms with van der Waals surface area (Å²) in [6.07, 6.45) is 3.90. The van der Waals surface area contributed by atoms with Crippen LogP contribution in [0.3, 0.4) is 0 Å². The van der Waals surface area contributed by atoms with E-state index in [2.05, 4.69) is 25.6 Å². The van der Waals surface area contributed by atoms with Crippen molar-refractivity contribution in [1.29, 1.82) is 5.41 Å². The highest BCUT2D eigenvalue weighted by Crippen LogP contribution is 2.28. The number of nitrogens with zero attached hydrogens (tertiary/aromatic N) is 3. The molecule has 0 aliphatic carbocycles. The minimum Gasteiger partial charge on any atom is -0.398 e. The number of H-pyrrole nitrogens is 1. The summed E-state index contributed by atoms with van der Waals surface area (Å²) < 4.78 is 0. The lowest BCUT2D eigenvalue weighted by atomic mass is 9.84. The van der Waals surface area contributed by atoms with Crippen LogP contribution in [0.1, 0.15) is 18.4 Å². The fourth-order valence-electron chi connectivity index (χ4n) is 3.78. The zero-order chi connectivity index (χ0) is 17.4. The predicted molar refractivity (Wildman–Crippen MR) is 94.2 cm³/mol. The van der Waals surface area contributed by atoms with Crippen molar-refractivity contribution < 1.29 is 4.79 Å². The summed E-state index contributed by atoms with van der Waals surface area (Å²) in [5, 5.41) is 21.5. The van der Waals surface area contributed by atoms with Gasteiger partial charge in [0.05, 0.1) is 0 Å². The average molecular weight is 339 g/mol. The van der Waals surface area contributed by atoms with Crippen molar-refractivity contribution in [3.8, 4) is 11.3 Å². The second kappa shape index (κ2) is 6.29. The fraction of sp³-hybridized carbons (Fsp3) is 0.412. The molecule has 0 radical (unpaired) electrons. The Hall–Kier alpha value is -2.74. The number of nitrogens with two attached hydrogens (primary N) is 1. The number of anilines is 1. The molecule has 0 unspecified atom stereocenters. The van der Waals surface area contributed by atoms with Gasteiger partial charge in [0.15, 0.2) is 0 Å². The third kappa shape index (κ3) is 3.00. The number of carbonyl (C=O) groups is 1. The van der Waals surface area contributed by atoms with E-state index in [1.165, 1.54) is 0 Å². The van der Waals surface area contributed by atoms with Gasteiger partial charge in [-0.25, -0.2) is 0 Å². The summed E-state index contributed by atoms with van der Waals surface area (Å²) in [6, 6.07) is 5.33. The van der Waals surface area contributed by atoms with Crippen LogP contribution in [0.5, 0.6) is 0 Å². The van der Waals surface area contributed by atoms with Crippen molar-refractivity contribution in [1.82, 2.24) is 25.6 Å². The number of hydrogen-bond donors (Lipinski definition) is 4. The molecule has 1 amide bonds. The van der Waals surface area contributed by atoms with Gasteiger partial charge in [-0.2, -0.15) is 0 Å². The van der Waals surface area contributed by atoms with Gasteiger partial charge in [-0.05, 0) is 44.0 Å². The number of piperidine rings is 3. The van der Waals surface area contributed by atoms with Crippen molar-refractivity contribution in [3.63, 3.8) is 0 Å². The normalized spacial score (nSPS) is 24.9. The molecule has 0 spiro atoms. The third-order valence-corrected chi connectivity index (χ3v) is 5.23. The highest BCUT2D eigenvalue weighted by molar-refractivity contribution is 6.45. The molecule has 3 fully saturated rings. The van der Waals surface area contributed by atoms with Gasteiger partial charge in [0, 0.05) is 35.6 Å². The molecule has 2 bridgehead atoms. The largest absolute Gasteiger partial charge is 0.398 e. The Bertz CT molecular complexity index is 793. The quantitative estimate of drug-likeness (QED) is 0.480. The number of hydrogen-bond acceptors (Lipinski definition) is 6. The minimum atomic E-state index is -0.361. The van der Waals surface area contributed by atoms with E-state index >= 15 is 0 Å². The number of amides is 1. The number of carbonyl (C=O) groups excluding carboxylic acids is 1. The second-order valence-corrected chi connectivity index (χ2v) is 6.75. The van der Waals surface area contributed by atoms with Crippen LogP contribution in [0.2, 0.25) is 0 Å². The Morgan fingerprint density at radius 1 is 1.36 bits per heavy atom. The average Bonchev–Trinajstić information content (AvgIpc) is 3.17. The number of fused-ring (bicyclic) bond motifs is 3. The monoisotopic (exact) mass is 339 g/mol. The fourth-order valence-corrected chi connectivity index (χ4v) is 3.78. The molecule has 3 saturated heterocycles. The van der Waals surface area contributed by atoms with E-state index in [9.17, 15) is 4.79 Å². The number of aromatic nitrogens is 3. The van der Waals surface area contributed by atoms with E-state index in [1.807, 2.05) is 0 Å². The molecule has 5 rings (SSSR count). The number of nitrogens with one attached hydrogen (secondary N) is 3. The topological polar surface area (TPSA) is 124 Å².